The van der Waals surface area contributed by atoms with Gasteiger partial charge in [0.15, 0.2) is 5.65 Å². The van der Waals surface area contributed by atoms with E-state index >= 15 is 0 Å². The molecule has 21 heavy (non-hydrogen) atoms. The second-order valence-electron chi connectivity index (χ2n) is 4.14. The van der Waals surface area contributed by atoms with Crippen LogP contribution in [0.3, 0.4) is 0 Å². The number of H-pyrrole nitrogens is 1. The van der Waals surface area contributed by atoms with Crippen molar-refractivity contribution in [1.29, 1.82) is 0 Å². The van der Waals surface area contributed by atoms with Crippen LogP contribution in [-0.4, -0.2) is 19.9 Å². The number of ether oxygens (including phenoxy) is 1. The Labute approximate surface area is 115 Å². The second-order valence-corrected chi connectivity index (χ2v) is 4.14. The highest BCUT2D eigenvalue weighted by Gasteiger charge is 2.35. The number of aromatic nitrogens is 4. The highest BCUT2D eigenvalue weighted by molar-refractivity contribution is 5.75. The fourth-order valence-corrected chi connectivity index (χ4v) is 1.78. The molecule has 3 N–H and O–H groups in total. The Bertz CT molecular complexity index is 799. The summed E-state index contributed by atoms with van der Waals surface area (Å²) in [7, 11) is 0. The summed E-state index contributed by atoms with van der Waals surface area (Å²) in [6.45, 7) is 0. The van der Waals surface area contributed by atoms with Crippen LogP contribution in [0.4, 0.5) is 18.9 Å². The van der Waals surface area contributed by atoms with Gasteiger partial charge in [-0.15, -0.1) is 0 Å². The molecule has 108 valence electrons. The molecule has 0 fully saturated rings. The monoisotopic (exact) mass is 295 g/mol. The first-order chi connectivity index (χ1) is 9.95. The highest BCUT2D eigenvalue weighted by atomic mass is 19.4. The Morgan fingerprint density at radius 2 is 1.95 bits per heavy atom. The zero-order valence-corrected chi connectivity index (χ0v) is 10.3. The molecular weight excluding hydrogens is 287 g/mol. The summed E-state index contributed by atoms with van der Waals surface area (Å²) < 4.78 is 44.3. The Kier molecular flexibility index (Phi) is 2.89. The number of hydrogen-bond acceptors (Lipinski definition) is 5. The minimum absolute atomic E-state index is 0.0101. The molecule has 2 heterocycles. The van der Waals surface area contributed by atoms with Crippen LogP contribution in [0.1, 0.15) is 5.56 Å². The molecule has 0 amide bonds. The number of alkyl halides is 3. The first-order valence-electron chi connectivity index (χ1n) is 5.74. The zero-order valence-electron chi connectivity index (χ0n) is 10.3. The van der Waals surface area contributed by atoms with Crippen molar-refractivity contribution < 1.29 is 17.9 Å². The molecule has 0 saturated carbocycles. The Hall–Kier alpha value is -2.84. The molecule has 0 atom stereocenters. The maximum atomic E-state index is 13.0. The summed E-state index contributed by atoms with van der Waals surface area (Å²) in [4.78, 5) is 14.3. The maximum absolute atomic E-state index is 13.0. The Morgan fingerprint density at radius 3 is 2.71 bits per heavy atom. The normalized spacial score (nSPS) is 11.8. The van der Waals surface area contributed by atoms with Crippen LogP contribution in [0, 0.1) is 0 Å². The Balaban J connectivity index is 2.08. The topological polar surface area (TPSA) is 89.7 Å². The van der Waals surface area contributed by atoms with E-state index in [2.05, 4.69) is 19.9 Å². The number of hydrogen-bond donors (Lipinski definition) is 2. The first-order valence-corrected chi connectivity index (χ1v) is 5.74. The van der Waals surface area contributed by atoms with E-state index in [1.54, 1.807) is 0 Å². The molecule has 9 heteroatoms. The molecule has 2 aromatic heterocycles. The molecule has 0 saturated heterocycles. The van der Waals surface area contributed by atoms with Gasteiger partial charge >= 0.3 is 6.18 Å². The standard InChI is InChI=1S/C12H8F3N5O/c13-12(14,15)7-3-6(16)1-2-8(7)21-11-9-10(18-4-17-9)19-5-20-11/h1-5H,16H2,(H,17,18,19,20). The summed E-state index contributed by atoms with van der Waals surface area (Å²) in [5, 5.41) is 0. The molecule has 3 rings (SSSR count). The smallest absolute Gasteiger partial charge is 0.420 e. The van der Waals surface area contributed by atoms with E-state index in [-0.39, 0.29) is 11.6 Å². The van der Waals surface area contributed by atoms with Gasteiger partial charge in [0.1, 0.15) is 23.2 Å². The molecular formula is C12H8F3N5O. The predicted molar refractivity (Wildman–Crippen MR) is 67.6 cm³/mol. The number of aromatic amines is 1. The molecule has 3 aromatic rings. The number of nitrogens with two attached hydrogens (primary N) is 1. The summed E-state index contributed by atoms with van der Waals surface area (Å²) >= 11 is 0. The van der Waals surface area contributed by atoms with Gasteiger partial charge in [-0.3, -0.25) is 0 Å². The first kappa shape index (κ1) is 13.2. The number of fused-ring (bicyclic) bond motifs is 1. The molecule has 0 unspecified atom stereocenters. The lowest BCUT2D eigenvalue weighted by Gasteiger charge is -2.13. The molecule has 0 bridgehead atoms. The van der Waals surface area contributed by atoms with Crippen molar-refractivity contribution in [3.8, 4) is 11.6 Å². The molecule has 0 aliphatic heterocycles. The van der Waals surface area contributed by atoms with Crippen molar-refractivity contribution in [3.05, 3.63) is 36.4 Å². The molecule has 0 aliphatic carbocycles. The van der Waals surface area contributed by atoms with Crippen LogP contribution < -0.4 is 10.5 Å². The van der Waals surface area contributed by atoms with Gasteiger partial charge in [0.2, 0.25) is 5.88 Å². The van der Waals surface area contributed by atoms with E-state index < -0.39 is 17.5 Å². The molecule has 0 radical (unpaired) electrons. The van der Waals surface area contributed by atoms with Crippen molar-refractivity contribution in [2.75, 3.05) is 5.73 Å². The van der Waals surface area contributed by atoms with Crippen molar-refractivity contribution in [2.45, 2.75) is 6.18 Å². The van der Waals surface area contributed by atoms with Gasteiger partial charge < -0.3 is 15.5 Å². The number of benzene rings is 1. The average Bonchev–Trinajstić information content (AvgIpc) is 2.89. The highest BCUT2D eigenvalue weighted by Crippen LogP contribution is 2.39. The maximum Gasteiger partial charge on any atom is 0.420 e. The summed E-state index contributed by atoms with van der Waals surface area (Å²) in [5.74, 6) is -0.445. The summed E-state index contributed by atoms with van der Waals surface area (Å²) in [6.07, 6.45) is -2.09. The van der Waals surface area contributed by atoms with Gasteiger partial charge in [0, 0.05) is 5.69 Å². The Morgan fingerprint density at radius 1 is 1.14 bits per heavy atom. The third kappa shape index (κ3) is 2.45. The van der Waals surface area contributed by atoms with Crippen molar-refractivity contribution in [3.63, 3.8) is 0 Å². The number of nitrogen functional groups attached to an aromatic ring is 1. The van der Waals surface area contributed by atoms with Crippen LogP contribution >= 0.6 is 0 Å². The van der Waals surface area contributed by atoms with Crippen LogP contribution in [0.25, 0.3) is 11.2 Å². The van der Waals surface area contributed by atoms with Crippen LogP contribution in [0.15, 0.2) is 30.9 Å². The van der Waals surface area contributed by atoms with E-state index in [0.29, 0.717) is 11.2 Å². The van der Waals surface area contributed by atoms with Gasteiger partial charge in [-0.25, -0.2) is 9.97 Å². The predicted octanol–water partition coefficient (Wildman–Crippen LogP) is 2.75. The lowest BCUT2D eigenvalue weighted by molar-refractivity contribution is -0.138. The largest absolute Gasteiger partial charge is 0.436 e. The number of halogens is 3. The van der Waals surface area contributed by atoms with Crippen molar-refractivity contribution in [1.82, 2.24) is 19.9 Å². The summed E-state index contributed by atoms with van der Waals surface area (Å²) in [6, 6.07) is 3.26. The van der Waals surface area contributed by atoms with E-state index in [0.717, 1.165) is 18.5 Å². The lowest BCUT2D eigenvalue weighted by atomic mass is 10.1. The van der Waals surface area contributed by atoms with Crippen LogP contribution in [0.2, 0.25) is 0 Å². The van der Waals surface area contributed by atoms with E-state index in [4.69, 9.17) is 10.5 Å². The number of nitrogens with zero attached hydrogens (tertiary/aromatic N) is 3. The molecule has 0 spiro atoms. The van der Waals surface area contributed by atoms with E-state index in [1.807, 2.05) is 0 Å². The van der Waals surface area contributed by atoms with Crippen molar-refractivity contribution in [2.24, 2.45) is 0 Å². The van der Waals surface area contributed by atoms with Gasteiger partial charge in [-0.05, 0) is 18.2 Å². The van der Waals surface area contributed by atoms with Gasteiger partial charge in [-0.1, -0.05) is 0 Å². The molecule has 1 aromatic carbocycles. The van der Waals surface area contributed by atoms with E-state index in [9.17, 15) is 13.2 Å². The van der Waals surface area contributed by atoms with Crippen molar-refractivity contribution >= 4 is 16.9 Å². The zero-order chi connectivity index (χ0) is 15.0. The second kappa shape index (κ2) is 4.62. The average molecular weight is 295 g/mol. The van der Waals surface area contributed by atoms with Gasteiger partial charge in [-0.2, -0.15) is 18.2 Å². The van der Waals surface area contributed by atoms with Crippen LogP contribution in [-0.2, 0) is 6.18 Å². The molecule has 6 nitrogen and oxygen atoms in total. The SMILES string of the molecule is Nc1ccc(Oc2ncnc3nc[nH]c23)c(C(F)(F)F)c1. The number of nitrogens with one attached hydrogen (secondary N) is 1. The number of imidazole rings is 1. The third-order valence-electron chi connectivity index (χ3n) is 2.70. The minimum atomic E-state index is -4.59. The third-order valence-corrected chi connectivity index (χ3v) is 2.70. The van der Waals surface area contributed by atoms with E-state index in [1.165, 1.54) is 12.4 Å². The lowest BCUT2D eigenvalue weighted by Crippen LogP contribution is -2.08. The van der Waals surface area contributed by atoms with Crippen LogP contribution in [0.5, 0.6) is 11.6 Å². The fourth-order valence-electron chi connectivity index (χ4n) is 1.78. The summed E-state index contributed by atoms with van der Waals surface area (Å²) in [5.41, 5.74) is 5.01. The minimum Gasteiger partial charge on any atom is -0.436 e. The number of rotatable bonds is 2. The molecule has 0 aliphatic rings. The van der Waals surface area contributed by atoms with Gasteiger partial charge in [0.25, 0.3) is 0 Å². The number of anilines is 1. The fraction of sp³-hybridized carbons (Fsp3) is 0.0833. The van der Waals surface area contributed by atoms with Gasteiger partial charge in [0.05, 0.1) is 6.33 Å². The quantitative estimate of drug-likeness (QED) is 0.709.